The van der Waals surface area contributed by atoms with Gasteiger partial charge in [0.25, 0.3) is 0 Å². The van der Waals surface area contributed by atoms with Gasteiger partial charge in [0.05, 0.1) is 0 Å². The monoisotopic (exact) mass is 254 g/mol. The van der Waals surface area contributed by atoms with Crippen LogP contribution in [0, 0.1) is 0 Å². The number of ether oxygens (including phenoxy) is 1. The zero-order chi connectivity index (χ0) is 12.0. The van der Waals surface area contributed by atoms with Crippen LogP contribution >= 0.6 is 0 Å². The van der Waals surface area contributed by atoms with Crippen molar-refractivity contribution in [3.8, 4) is 5.75 Å². The van der Waals surface area contributed by atoms with Crippen LogP contribution in [0.25, 0.3) is 0 Å². The molecule has 0 aliphatic rings. The van der Waals surface area contributed by atoms with E-state index < -0.39 is 10.4 Å². The number of benzene rings is 1. The average molecular weight is 254 g/mol. The molecule has 0 unspecified atom stereocenters. The summed E-state index contributed by atoms with van der Waals surface area (Å²) in [5.41, 5.74) is 1.26. The van der Waals surface area contributed by atoms with Crippen molar-refractivity contribution in [2.45, 2.75) is 3.67 Å². The van der Waals surface area contributed by atoms with Gasteiger partial charge in [0, 0.05) is 0 Å². The molecule has 0 saturated heterocycles. The zero-order valence-electron chi connectivity index (χ0n) is 8.92. The van der Waals surface area contributed by atoms with Crippen molar-refractivity contribution in [3.05, 3.63) is 29.8 Å². The van der Waals surface area contributed by atoms with E-state index in [2.05, 4.69) is 4.18 Å². The van der Waals surface area contributed by atoms with Crippen LogP contribution in [0.3, 0.4) is 0 Å². The Balaban J connectivity index is 2.32. The van der Waals surface area contributed by atoms with Crippen molar-refractivity contribution < 1.29 is 21.9 Å². The maximum atomic E-state index is 10.2. The van der Waals surface area contributed by atoms with Gasteiger partial charge < -0.3 is 0 Å². The standard InChI is InChI=1S/C9H11O5S.Na/c1-8-2-4-9(5-3-8)13-6-7-14-15(10,11)12;/h2-5H,1,6-7H2,(H,10,11,12);. The first-order valence-corrected chi connectivity index (χ1v) is 7.63. The first-order valence-electron chi connectivity index (χ1n) is 4.85. The fourth-order valence-electron chi connectivity index (χ4n) is 1.12. The second-order valence-electron chi connectivity index (χ2n) is 3.10. The third kappa shape index (κ3) is 5.83. The SMILES string of the molecule is O=S(=O)(O)OCCOc1ccc([CH2][Na])cc1. The summed E-state index contributed by atoms with van der Waals surface area (Å²) in [4.78, 5) is 0. The Bertz CT molecular complexity index is 414. The molecule has 0 aliphatic carbocycles. The van der Waals surface area contributed by atoms with Crippen molar-refractivity contribution in [2.75, 3.05) is 13.2 Å². The van der Waals surface area contributed by atoms with Crippen LogP contribution < -0.4 is 4.74 Å². The predicted molar refractivity (Wildman–Crippen MR) is 58.9 cm³/mol. The van der Waals surface area contributed by atoms with Gasteiger partial charge in [-0.3, -0.25) is 0 Å². The van der Waals surface area contributed by atoms with Crippen molar-refractivity contribution in [2.24, 2.45) is 0 Å². The Morgan fingerprint density at radius 1 is 1.19 bits per heavy atom. The summed E-state index contributed by atoms with van der Waals surface area (Å²) >= 11 is 1.12. The summed E-state index contributed by atoms with van der Waals surface area (Å²) in [6.45, 7) is -0.138. The maximum absolute atomic E-state index is 10.2. The van der Waals surface area contributed by atoms with Gasteiger partial charge in [-0.05, 0) is 0 Å². The van der Waals surface area contributed by atoms with Gasteiger partial charge in [0.15, 0.2) is 0 Å². The van der Waals surface area contributed by atoms with Crippen molar-refractivity contribution in [3.63, 3.8) is 0 Å². The second-order valence-corrected chi connectivity index (χ2v) is 4.89. The summed E-state index contributed by atoms with van der Waals surface area (Å²) in [7, 11) is -4.36. The van der Waals surface area contributed by atoms with Crippen LogP contribution in [0.4, 0.5) is 0 Å². The van der Waals surface area contributed by atoms with Crippen LogP contribution in [-0.2, 0) is 18.3 Å². The molecule has 5 nitrogen and oxygen atoms in total. The first-order chi connectivity index (χ1) is 7.51. The van der Waals surface area contributed by atoms with Gasteiger partial charge in [-0.2, -0.15) is 0 Å². The Morgan fingerprint density at radius 3 is 2.31 bits per heavy atom. The molecule has 0 amide bonds. The van der Waals surface area contributed by atoms with Gasteiger partial charge in [-0.1, -0.05) is 0 Å². The van der Waals surface area contributed by atoms with Crippen molar-refractivity contribution >= 4 is 38.3 Å². The summed E-state index contributed by atoms with van der Waals surface area (Å²) < 4.78 is 39.1. The molecule has 0 saturated carbocycles. The normalized spacial score (nSPS) is 11.4. The predicted octanol–water partition coefficient (Wildman–Crippen LogP) is 0.553. The molecule has 0 radical (unpaired) electrons. The molecule has 1 aromatic rings. The minimum atomic E-state index is -4.36. The van der Waals surface area contributed by atoms with Crippen molar-refractivity contribution in [1.29, 1.82) is 0 Å². The topological polar surface area (TPSA) is 72.8 Å². The Hall–Kier alpha value is -0.110. The molecule has 0 heterocycles. The molecule has 1 aromatic carbocycles. The summed E-state index contributed by atoms with van der Waals surface area (Å²) in [5, 5.41) is 0. The molecule has 1 N–H and O–H groups in total. The Labute approximate surface area is 112 Å². The first kappa shape index (κ1) is 14.0. The molecule has 0 atom stereocenters. The van der Waals surface area contributed by atoms with E-state index in [9.17, 15) is 8.42 Å². The van der Waals surface area contributed by atoms with Gasteiger partial charge >= 0.3 is 113 Å². The van der Waals surface area contributed by atoms with Gasteiger partial charge in [-0.15, -0.1) is 0 Å². The third-order valence-corrected chi connectivity index (χ3v) is 3.20. The Morgan fingerprint density at radius 2 is 1.81 bits per heavy atom. The van der Waals surface area contributed by atoms with E-state index in [-0.39, 0.29) is 13.2 Å². The molecule has 0 spiro atoms. The van der Waals surface area contributed by atoms with E-state index in [1.165, 1.54) is 5.56 Å². The summed E-state index contributed by atoms with van der Waals surface area (Å²) in [6, 6.07) is 7.57. The molecular formula is C9H11NaO5S. The molecule has 7 heteroatoms. The van der Waals surface area contributed by atoms with Crippen LogP contribution in [0.1, 0.15) is 5.56 Å². The zero-order valence-corrected chi connectivity index (χ0v) is 11.7. The molecule has 0 bridgehead atoms. The van der Waals surface area contributed by atoms with Crippen molar-refractivity contribution in [1.82, 2.24) is 0 Å². The number of hydrogen-bond donors (Lipinski definition) is 1. The molecule has 0 aliphatic heterocycles. The van der Waals surface area contributed by atoms with E-state index in [0.29, 0.717) is 5.75 Å². The molecule has 84 valence electrons. The molecular weight excluding hydrogens is 243 g/mol. The summed E-state index contributed by atoms with van der Waals surface area (Å²) in [5.74, 6) is 0.651. The molecule has 1 rings (SSSR count). The number of rotatable bonds is 6. The van der Waals surface area contributed by atoms with Gasteiger partial charge in [0.2, 0.25) is 0 Å². The van der Waals surface area contributed by atoms with E-state index >= 15 is 0 Å². The fraction of sp³-hybridized carbons (Fsp3) is 0.333. The third-order valence-electron chi connectivity index (χ3n) is 1.92. The van der Waals surface area contributed by atoms with E-state index in [4.69, 9.17) is 9.29 Å². The molecule has 16 heavy (non-hydrogen) atoms. The summed E-state index contributed by atoms with van der Waals surface area (Å²) in [6.07, 6.45) is 0. The van der Waals surface area contributed by atoms with Crippen LogP contribution in [0.5, 0.6) is 5.75 Å². The van der Waals surface area contributed by atoms with Crippen LogP contribution in [-0.4, -0.2) is 54.1 Å². The van der Waals surface area contributed by atoms with E-state index in [0.717, 1.165) is 31.6 Å². The van der Waals surface area contributed by atoms with E-state index in [1.807, 2.05) is 24.3 Å². The van der Waals surface area contributed by atoms with Gasteiger partial charge in [-0.25, -0.2) is 0 Å². The van der Waals surface area contributed by atoms with E-state index in [1.54, 1.807) is 0 Å². The number of hydrogen-bond acceptors (Lipinski definition) is 4. The minimum absolute atomic E-state index is 0.0695. The second kappa shape index (κ2) is 6.58. The van der Waals surface area contributed by atoms with Crippen LogP contribution in [0.15, 0.2) is 24.3 Å². The molecule has 0 aromatic heterocycles. The molecule has 0 fully saturated rings. The average Bonchev–Trinajstić information content (AvgIpc) is 2.24. The van der Waals surface area contributed by atoms with Crippen LogP contribution in [0.2, 0.25) is 0 Å². The fourth-order valence-corrected chi connectivity index (χ4v) is 1.87. The van der Waals surface area contributed by atoms with Gasteiger partial charge in [0.1, 0.15) is 0 Å². The quantitative estimate of drug-likeness (QED) is 0.456. The Kier molecular flexibility index (Phi) is 5.74.